The summed E-state index contributed by atoms with van der Waals surface area (Å²) in [6, 6.07) is 36.8. The standard InChI is InChI=1S/C31H24N4O/c1-34-28-18-17-25(19-29(28)35(2)31(34)36)21-13-15-23(16-14-21)27-20-26(22-9-5-3-6-10-22)32-30(33-27)24-11-7-4-8-12-24/h3-20H,1-2H3. The van der Waals surface area contributed by atoms with Gasteiger partial charge in [0.1, 0.15) is 0 Å². The van der Waals surface area contributed by atoms with Crippen molar-refractivity contribution in [1.82, 2.24) is 19.1 Å². The summed E-state index contributed by atoms with van der Waals surface area (Å²) in [5, 5.41) is 0. The van der Waals surface area contributed by atoms with Gasteiger partial charge in [-0.15, -0.1) is 0 Å². The molecule has 5 heteroatoms. The maximum absolute atomic E-state index is 12.3. The van der Waals surface area contributed by atoms with Gasteiger partial charge in [0.15, 0.2) is 5.82 Å². The van der Waals surface area contributed by atoms with E-state index in [4.69, 9.17) is 9.97 Å². The molecule has 0 unspecified atom stereocenters. The molecule has 6 aromatic rings. The second-order valence-corrected chi connectivity index (χ2v) is 8.88. The van der Waals surface area contributed by atoms with Crippen LogP contribution >= 0.6 is 0 Å². The lowest BCUT2D eigenvalue weighted by atomic mass is 10.0. The van der Waals surface area contributed by atoms with Crippen molar-refractivity contribution < 1.29 is 0 Å². The van der Waals surface area contributed by atoms with E-state index in [-0.39, 0.29) is 5.69 Å². The molecule has 0 spiro atoms. The lowest BCUT2D eigenvalue weighted by Gasteiger charge is -2.10. The predicted molar refractivity (Wildman–Crippen MR) is 145 cm³/mol. The number of nitrogens with zero attached hydrogens (tertiary/aromatic N) is 4. The number of aryl methyl sites for hydroxylation is 2. The molecule has 0 aliphatic rings. The zero-order valence-corrected chi connectivity index (χ0v) is 20.1. The highest BCUT2D eigenvalue weighted by molar-refractivity contribution is 5.83. The molecule has 0 amide bonds. The van der Waals surface area contributed by atoms with Crippen LogP contribution in [0.3, 0.4) is 0 Å². The van der Waals surface area contributed by atoms with Crippen molar-refractivity contribution in [3.63, 3.8) is 0 Å². The molecule has 0 bridgehead atoms. The van der Waals surface area contributed by atoms with Crippen LogP contribution in [-0.2, 0) is 14.1 Å². The molecule has 2 aromatic heterocycles. The molecule has 0 fully saturated rings. The lowest BCUT2D eigenvalue weighted by molar-refractivity contribution is 0.795. The summed E-state index contributed by atoms with van der Waals surface area (Å²) in [7, 11) is 3.61. The molecule has 36 heavy (non-hydrogen) atoms. The highest BCUT2D eigenvalue weighted by atomic mass is 16.1. The molecule has 0 saturated heterocycles. The van der Waals surface area contributed by atoms with Gasteiger partial charge in [0, 0.05) is 30.8 Å². The first-order valence-electron chi connectivity index (χ1n) is 11.8. The number of aromatic nitrogens is 4. The Balaban J connectivity index is 1.42. The minimum absolute atomic E-state index is 0.0234. The molecule has 0 saturated carbocycles. The van der Waals surface area contributed by atoms with E-state index in [1.807, 2.05) is 60.7 Å². The van der Waals surface area contributed by atoms with Crippen LogP contribution in [0.2, 0.25) is 0 Å². The monoisotopic (exact) mass is 468 g/mol. The van der Waals surface area contributed by atoms with Crippen molar-refractivity contribution in [1.29, 1.82) is 0 Å². The third-order valence-corrected chi connectivity index (χ3v) is 6.61. The first-order valence-corrected chi connectivity index (χ1v) is 11.8. The molecule has 0 atom stereocenters. The average Bonchev–Trinajstić information content (AvgIpc) is 3.17. The molecule has 2 heterocycles. The Labute approximate surface area is 209 Å². The number of hydrogen-bond acceptors (Lipinski definition) is 3. The van der Waals surface area contributed by atoms with E-state index >= 15 is 0 Å². The predicted octanol–water partition coefficient (Wildman–Crippen LogP) is 6.34. The summed E-state index contributed by atoms with van der Waals surface area (Å²) in [6.45, 7) is 0. The number of benzene rings is 4. The fraction of sp³-hybridized carbons (Fsp3) is 0.0645. The molecular formula is C31H24N4O. The van der Waals surface area contributed by atoms with Gasteiger partial charge in [-0.05, 0) is 29.3 Å². The summed E-state index contributed by atoms with van der Waals surface area (Å²) in [4.78, 5) is 22.1. The molecule has 0 radical (unpaired) electrons. The maximum atomic E-state index is 12.3. The average molecular weight is 469 g/mol. The quantitative estimate of drug-likeness (QED) is 0.304. The first kappa shape index (κ1) is 21.7. The molecule has 6 rings (SSSR count). The Morgan fingerprint density at radius 1 is 0.500 bits per heavy atom. The van der Waals surface area contributed by atoms with Crippen molar-refractivity contribution >= 4 is 11.0 Å². The van der Waals surface area contributed by atoms with Gasteiger partial charge in [-0.25, -0.2) is 14.8 Å². The van der Waals surface area contributed by atoms with Crippen molar-refractivity contribution in [3.05, 3.63) is 120 Å². The van der Waals surface area contributed by atoms with E-state index in [9.17, 15) is 4.79 Å². The zero-order valence-electron chi connectivity index (χ0n) is 20.1. The zero-order chi connectivity index (χ0) is 24.6. The summed E-state index contributed by atoms with van der Waals surface area (Å²) in [5.41, 5.74) is 8.77. The minimum Gasteiger partial charge on any atom is -0.295 e. The van der Waals surface area contributed by atoms with E-state index < -0.39 is 0 Å². The molecule has 174 valence electrons. The first-order chi connectivity index (χ1) is 17.6. The van der Waals surface area contributed by atoms with E-state index in [2.05, 4.69) is 48.5 Å². The summed E-state index contributed by atoms with van der Waals surface area (Å²) < 4.78 is 3.36. The molecule has 4 aromatic carbocycles. The second-order valence-electron chi connectivity index (χ2n) is 8.88. The second kappa shape index (κ2) is 8.78. The third-order valence-electron chi connectivity index (χ3n) is 6.61. The van der Waals surface area contributed by atoms with E-state index in [1.165, 1.54) is 0 Å². The van der Waals surface area contributed by atoms with E-state index in [1.54, 1.807) is 23.2 Å². The number of rotatable bonds is 4. The van der Waals surface area contributed by atoms with Crippen LogP contribution in [0.15, 0.2) is 114 Å². The molecule has 5 nitrogen and oxygen atoms in total. The highest BCUT2D eigenvalue weighted by Gasteiger charge is 2.12. The Bertz CT molecular complexity index is 1690. The van der Waals surface area contributed by atoms with Gasteiger partial charge < -0.3 is 0 Å². The van der Waals surface area contributed by atoms with Gasteiger partial charge >= 0.3 is 5.69 Å². The van der Waals surface area contributed by atoms with Gasteiger partial charge in [-0.1, -0.05) is 91.0 Å². The molecule has 0 aliphatic carbocycles. The minimum atomic E-state index is -0.0234. The molecule has 0 N–H and O–H groups in total. The summed E-state index contributed by atoms with van der Waals surface area (Å²) in [5.74, 6) is 0.700. The number of fused-ring (bicyclic) bond motifs is 1. The van der Waals surface area contributed by atoms with Crippen molar-refractivity contribution in [2.45, 2.75) is 0 Å². The molecule has 0 aliphatic heterocycles. The normalized spacial score (nSPS) is 11.2. The fourth-order valence-corrected chi connectivity index (χ4v) is 4.59. The van der Waals surface area contributed by atoms with Gasteiger partial charge in [0.05, 0.1) is 22.4 Å². The van der Waals surface area contributed by atoms with Crippen molar-refractivity contribution in [2.24, 2.45) is 14.1 Å². The third kappa shape index (κ3) is 3.81. The summed E-state index contributed by atoms with van der Waals surface area (Å²) >= 11 is 0. The largest absolute Gasteiger partial charge is 0.328 e. The van der Waals surface area contributed by atoms with Crippen LogP contribution in [0.25, 0.3) is 56.1 Å². The summed E-state index contributed by atoms with van der Waals surface area (Å²) in [6.07, 6.45) is 0. The SMILES string of the molecule is Cn1c(=O)n(C)c2cc(-c3ccc(-c4cc(-c5ccccc5)nc(-c5ccccc5)n4)cc3)ccc21. The topological polar surface area (TPSA) is 52.7 Å². The van der Waals surface area contributed by atoms with Crippen molar-refractivity contribution in [2.75, 3.05) is 0 Å². The van der Waals surface area contributed by atoms with Crippen LogP contribution in [0, 0.1) is 0 Å². The lowest BCUT2D eigenvalue weighted by Crippen LogP contribution is -2.19. The van der Waals surface area contributed by atoms with Gasteiger partial charge in [-0.2, -0.15) is 0 Å². The Hall–Kier alpha value is -4.77. The maximum Gasteiger partial charge on any atom is 0.328 e. The van der Waals surface area contributed by atoms with Gasteiger partial charge in [0.2, 0.25) is 0 Å². The van der Waals surface area contributed by atoms with Gasteiger partial charge in [0.25, 0.3) is 0 Å². The van der Waals surface area contributed by atoms with Crippen LogP contribution in [0.5, 0.6) is 0 Å². The molecular weight excluding hydrogens is 444 g/mol. The Morgan fingerprint density at radius 2 is 1.00 bits per heavy atom. The van der Waals surface area contributed by atoms with Crippen LogP contribution in [0.4, 0.5) is 0 Å². The number of hydrogen-bond donors (Lipinski definition) is 0. The van der Waals surface area contributed by atoms with Crippen LogP contribution in [0.1, 0.15) is 0 Å². The smallest absolute Gasteiger partial charge is 0.295 e. The Morgan fingerprint density at radius 3 is 1.64 bits per heavy atom. The fourth-order valence-electron chi connectivity index (χ4n) is 4.59. The van der Waals surface area contributed by atoms with E-state index in [0.29, 0.717) is 5.82 Å². The Kier molecular flexibility index (Phi) is 5.30. The van der Waals surface area contributed by atoms with Crippen molar-refractivity contribution in [3.8, 4) is 45.0 Å². The van der Waals surface area contributed by atoms with Crippen LogP contribution < -0.4 is 5.69 Å². The van der Waals surface area contributed by atoms with E-state index in [0.717, 1.165) is 50.2 Å². The van der Waals surface area contributed by atoms with Crippen LogP contribution in [-0.4, -0.2) is 19.1 Å². The van der Waals surface area contributed by atoms with Gasteiger partial charge in [-0.3, -0.25) is 9.13 Å². The highest BCUT2D eigenvalue weighted by Crippen LogP contribution is 2.30. The number of imidazole rings is 1.